The van der Waals surface area contributed by atoms with Crippen molar-refractivity contribution in [3.8, 4) is 11.1 Å². The molecule has 0 amide bonds. The minimum absolute atomic E-state index is 0.0707. The van der Waals surface area contributed by atoms with Gasteiger partial charge in [0.1, 0.15) is 0 Å². The topological polar surface area (TPSA) is 26.0 Å². The SMILES string of the molecule is CC1(C)c2ccccc2-c2c(N)cccc21. The maximum Gasteiger partial charge on any atom is 0.0396 e. The minimum Gasteiger partial charge on any atom is -0.398 e. The molecule has 0 saturated heterocycles. The smallest absolute Gasteiger partial charge is 0.0396 e. The number of benzene rings is 2. The molecule has 0 heterocycles. The highest BCUT2D eigenvalue weighted by molar-refractivity contribution is 5.88. The van der Waals surface area contributed by atoms with Gasteiger partial charge in [0.05, 0.1) is 0 Å². The maximum absolute atomic E-state index is 6.11. The van der Waals surface area contributed by atoms with Crippen LogP contribution in [0.15, 0.2) is 42.5 Å². The molecular weight excluding hydrogens is 194 g/mol. The van der Waals surface area contributed by atoms with E-state index in [0.717, 1.165) is 5.69 Å². The number of anilines is 1. The van der Waals surface area contributed by atoms with E-state index in [1.54, 1.807) is 0 Å². The lowest BCUT2D eigenvalue weighted by atomic mass is 9.82. The van der Waals surface area contributed by atoms with Crippen LogP contribution in [-0.4, -0.2) is 0 Å². The van der Waals surface area contributed by atoms with Crippen molar-refractivity contribution >= 4 is 5.69 Å². The Morgan fingerprint density at radius 2 is 1.56 bits per heavy atom. The van der Waals surface area contributed by atoms with Gasteiger partial charge in [-0.3, -0.25) is 0 Å². The quantitative estimate of drug-likeness (QED) is 0.659. The minimum atomic E-state index is 0.0707. The summed E-state index contributed by atoms with van der Waals surface area (Å²) in [5.74, 6) is 0. The van der Waals surface area contributed by atoms with Crippen molar-refractivity contribution in [3.05, 3.63) is 53.6 Å². The molecule has 1 heteroatoms. The van der Waals surface area contributed by atoms with Gasteiger partial charge in [-0.15, -0.1) is 0 Å². The molecular formula is C15H15N. The van der Waals surface area contributed by atoms with Crippen molar-refractivity contribution in [1.29, 1.82) is 0 Å². The first kappa shape index (κ1) is 9.46. The van der Waals surface area contributed by atoms with Crippen LogP contribution in [0.5, 0.6) is 0 Å². The first-order valence-corrected chi connectivity index (χ1v) is 5.61. The molecule has 0 atom stereocenters. The summed E-state index contributed by atoms with van der Waals surface area (Å²) in [6.45, 7) is 4.52. The molecule has 1 aliphatic carbocycles. The summed E-state index contributed by atoms with van der Waals surface area (Å²) in [6, 6.07) is 14.8. The van der Waals surface area contributed by atoms with Crippen LogP contribution in [0, 0.1) is 0 Å². The third-order valence-corrected chi connectivity index (χ3v) is 3.64. The van der Waals surface area contributed by atoms with Gasteiger partial charge < -0.3 is 5.73 Å². The van der Waals surface area contributed by atoms with Gasteiger partial charge in [0, 0.05) is 16.7 Å². The van der Waals surface area contributed by atoms with Crippen LogP contribution in [0.4, 0.5) is 5.69 Å². The summed E-state index contributed by atoms with van der Waals surface area (Å²) in [4.78, 5) is 0. The fourth-order valence-electron chi connectivity index (χ4n) is 2.78. The van der Waals surface area contributed by atoms with Crippen LogP contribution < -0.4 is 5.73 Å². The standard InChI is InChI=1S/C15H15N/c1-15(2)11-7-4-3-6-10(11)14-12(15)8-5-9-13(14)16/h3-9H,16H2,1-2H3. The first-order valence-electron chi connectivity index (χ1n) is 5.61. The van der Waals surface area contributed by atoms with E-state index in [2.05, 4.69) is 44.2 Å². The van der Waals surface area contributed by atoms with Crippen molar-refractivity contribution in [2.24, 2.45) is 0 Å². The average molecular weight is 209 g/mol. The zero-order chi connectivity index (χ0) is 11.3. The van der Waals surface area contributed by atoms with E-state index in [0.29, 0.717) is 0 Å². The second-order valence-corrected chi connectivity index (χ2v) is 4.94. The first-order chi connectivity index (χ1) is 7.62. The van der Waals surface area contributed by atoms with E-state index in [4.69, 9.17) is 5.73 Å². The molecule has 2 aromatic carbocycles. The Balaban J connectivity index is 2.45. The highest BCUT2D eigenvalue weighted by atomic mass is 14.6. The molecule has 1 nitrogen and oxygen atoms in total. The molecule has 0 bridgehead atoms. The summed E-state index contributed by atoms with van der Waals surface area (Å²) in [5.41, 5.74) is 12.3. The predicted octanol–water partition coefficient (Wildman–Crippen LogP) is 3.58. The van der Waals surface area contributed by atoms with Crippen molar-refractivity contribution in [2.75, 3.05) is 5.73 Å². The van der Waals surface area contributed by atoms with E-state index in [9.17, 15) is 0 Å². The molecule has 0 aliphatic heterocycles. The van der Waals surface area contributed by atoms with Crippen molar-refractivity contribution in [1.82, 2.24) is 0 Å². The lowest BCUT2D eigenvalue weighted by molar-refractivity contribution is 0.660. The van der Waals surface area contributed by atoms with Gasteiger partial charge in [0.15, 0.2) is 0 Å². The Morgan fingerprint density at radius 1 is 0.875 bits per heavy atom. The number of hydrogen-bond donors (Lipinski definition) is 1. The molecule has 16 heavy (non-hydrogen) atoms. The van der Waals surface area contributed by atoms with E-state index in [1.807, 2.05) is 12.1 Å². The Morgan fingerprint density at radius 3 is 2.38 bits per heavy atom. The lowest BCUT2D eigenvalue weighted by Gasteiger charge is -2.21. The number of fused-ring (bicyclic) bond motifs is 3. The second-order valence-electron chi connectivity index (χ2n) is 4.94. The Labute approximate surface area is 95.9 Å². The summed E-state index contributed by atoms with van der Waals surface area (Å²) < 4.78 is 0. The summed E-state index contributed by atoms with van der Waals surface area (Å²) in [5, 5.41) is 0. The molecule has 2 N–H and O–H groups in total. The summed E-state index contributed by atoms with van der Waals surface area (Å²) in [6.07, 6.45) is 0. The fourth-order valence-corrected chi connectivity index (χ4v) is 2.78. The van der Waals surface area contributed by atoms with Gasteiger partial charge in [-0.25, -0.2) is 0 Å². The fraction of sp³-hybridized carbons (Fsp3) is 0.200. The van der Waals surface area contributed by atoms with Crippen molar-refractivity contribution in [3.63, 3.8) is 0 Å². The highest BCUT2D eigenvalue weighted by Crippen LogP contribution is 2.50. The monoisotopic (exact) mass is 209 g/mol. The molecule has 0 saturated carbocycles. The van der Waals surface area contributed by atoms with Gasteiger partial charge in [-0.1, -0.05) is 50.2 Å². The maximum atomic E-state index is 6.11. The Hall–Kier alpha value is -1.76. The molecule has 0 fully saturated rings. The third kappa shape index (κ3) is 1.00. The molecule has 1 aliphatic rings. The van der Waals surface area contributed by atoms with E-state index in [1.165, 1.54) is 22.3 Å². The molecule has 0 unspecified atom stereocenters. The molecule has 2 aromatic rings. The summed E-state index contributed by atoms with van der Waals surface area (Å²) in [7, 11) is 0. The van der Waals surface area contributed by atoms with Crippen LogP contribution in [0.25, 0.3) is 11.1 Å². The van der Waals surface area contributed by atoms with Gasteiger partial charge in [-0.05, 0) is 22.8 Å². The summed E-state index contributed by atoms with van der Waals surface area (Å²) >= 11 is 0. The van der Waals surface area contributed by atoms with Crippen molar-refractivity contribution in [2.45, 2.75) is 19.3 Å². The molecule has 0 spiro atoms. The van der Waals surface area contributed by atoms with Crippen LogP contribution in [-0.2, 0) is 5.41 Å². The van der Waals surface area contributed by atoms with Gasteiger partial charge >= 0.3 is 0 Å². The normalized spacial score (nSPS) is 15.6. The van der Waals surface area contributed by atoms with Crippen LogP contribution in [0.1, 0.15) is 25.0 Å². The molecule has 3 rings (SSSR count). The molecule has 0 radical (unpaired) electrons. The number of hydrogen-bond acceptors (Lipinski definition) is 1. The van der Waals surface area contributed by atoms with Crippen LogP contribution in [0.2, 0.25) is 0 Å². The van der Waals surface area contributed by atoms with E-state index < -0.39 is 0 Å². The number of rotatable bonds is 0. The molecule has 0 aromatic heterocycles. The average Bonchev–Trinajstić information content (AvgIpc) is 2.51. The van der Waals surface area contributed by atoms with Gasteiger partial charge in [-0.2, -0.15) is 0 Å². The van der Waals surface area contributed by atoms with Gasteiger partial charge in [0.25, 0.3) is 0 Å². The lowest BCUT2D eigenvalue weighted by Crippen LogP contribution is -2.14. The van der Waals surface area contributed by atoms with E-state index in [-0.39, 0.29) is 5.41 Å². The Bertz CT molecular complexity index is 567. The largest absolute Gasteiger partial charge is 0.398 e. The zero-order valence-electron chi connectivity index (χ0n) is 9.62. The molecule has 80 valence electrons. The Kier molecular flexibility index (Phi) is 1.70. The highest BCUT2D eigenvalue weighted by Gasteiger charge is 2.35. The second kappa shape index (κ2) is 2.88. The van der Waals surface area contributed by atoms with Crippen LogP contribution >= 0.6 is 0 Å². The van der Waals surface area contributed by atoms with Gasteiger partial charge in [0.2, 0.25) is 0 Å². The van der Waals surface area contributed by atoms with E-state index >= 15 is 0 Å². The number of nitrogens with two attached hydrogens (primary N) is 1. The predicted molar refractivity (Wildman–Crippen MR) is 68.4 cm³/mol. The van der Waals surface area contributed by atoms with Crippen LogP contribution in [0.3, 0.4) is 0 Å². The number of nitrogen functional groups attached to an aromatic ring is 1. The third-order valence-electron chi connectivity index (χ3n) is 3.64. The van der Waals surface area contributed by atoms with Crippen molar-refractivity contribution < 1.29 is 0 Å². The zero-order valence-corrected chi connectivity index (χ0v) is 9.62.